The second-order valence-electron chi connectivity index (χ2n) is 5.75. The maximum atomic E-state index is 11.9. The molecule has 0 aliphatic heterocycles. The first-order chi connectivity index (χ1) is 8.20. The van der Waals surface area contributed by atoms with Crippen molar-refractivity contribution in [1.29, 1.82) is 0 Å². The number of amides is 1. The molecule has 2 saturated carbocycles. The van der Waals surface area contributed by atoms with Gasteiger partial charge in [0.25, 0.3) is 0 Å². The molecule has 2 fully saturated rings. The average Bonchev–Trinajstić information content (AvgIpc) is 3.19. The van der Waals surface area contributed by atoms with Gasteiger partial charge in [-0.05, 0) is 31.6 Å². The van der Waals surface area contributed by atoms with Crippen LogP contribution in [0, 0.1) is 5.92 Å². The fourth-order valence-electron chi connectivity index (χ4n) is 2.87. The highest BCUT2D eigenvalue weighted by Crippen LogP contribution is 2.27. The maximum Gasteiger partial charge on any atom is 0.236 e. The SMILES string of the molecule is CCC1CCCC(NCC(=O)N(C)C2CC2)C1. The first-order valence-corrected chi connectivity index (χ1v) is 7.19. The number of carbonyl (C=O) groups excluding carboxylic acids is 1. The van der Waals surface area contributed by atoms with Crippen LogP contribution in [0.3, 0.4) is 0 Å². The van der Waals surface area contributed by atoms with Crippen LogP contribution in [-0.4, -0.2) is 36.5 Å². The van der Waals surface area contributed by atoms with Crippen molar-refractivity contribution in [2.75, 3.05) is 13.6 Å². The Morgan fingerprint density at radius 1 is 1.29 bits per heavy atom. The van der Waals surface area contributed by atoms with E-state index < -0.39 is 0 Å². The molecule has 0 radical (unpaired) electrons. The summed E-state index contributed by atoms with van der Waals surface area (Å²) in [5.41, 5.74) is 0. The molecule has 2 atom stereocenters. The summed E-state index contributed by atoms with van der Waals surface area (Å²) in [6.45, 7) is 2.81. The monoisotopic (exact) mass is 238 g/mol. The van der Waals surface area contributed by atoms with Crippen LogP contribution in [0.2, 0.25) is 0 Å². The molecule has 17 heavy (non-hydrogen) atoms. The number of rotatable bonds is 5. The van der Waals surface area contributed by atoms with Crippen molar-refractivity contribution in [3.8, 4) is 0 Å². The summed E-state index contributed by atoms with van der Waals surface area (Å²) in [6, 6.07) is 1.12. The van der Waals surface area contributed by atoms with Gasteiger partial charge < -0.3 is 10.2 Å². The molecular formula is C14H26N2O. The summed E-state index contributed by atoms with van der Waals surface area (Å²) in [7, 11) is 1.94. The van der Waals surface area contributed by atoms with E-state index in [1.807, 2.05) is 11.9 Å². The predicted molar refractivity (Wildman–Crippen MR) is 69.8 cm³/mol. The second-order valence-corrected chi connectivity index (χ2v) is 5.75. The van der Waals surface area contributed by atoms with Crippen molar-refractivity contribution in [3.05, 3.63) is 0 Å². The van der Waals surface area contributed by atoms with E-state index in [0.29, 0.717) is 18.6 Å². The van der Waals surface area contributed by atoms with Gasteiger partial charge in [0.1, 0.15) is 0 Å². The van der Waals surface area contributed by atoms with Gasteiger partial charge in [-0.15, -0.1) is 0 Å². The number of nitrogens with one attached hydrogen (secondary N) is 1. The summed E-state index contributed by atoms with van der Waals surface area (Å²) in [5.74, 6) is 1.14. The highest BCUT2D eigenvalue weighted by Gasteiger charge is 2.29. The zero-order valence-corrected chi connectivity index (χ0v) is 11.2. The molecule has 1 amide bonds. The molecule has 0 bridgehead atoms. The van der Waals surface area contributed by atoms with Crippen LogP contribution in [0.1, 0.15) is 51.9 Å². The third-order valence-corrected chi connectivity index (χ3v) is 4.39. The van der Waals surface area contributed by atoms with Gasteiger partial charge in [0, 0.05) is 19.1 Å². The van der Waals surface area contributed by atoms with Gasteiger partial charge in [-0.1, -0.05) is 26.2 Å². The lowest BCUT2D eigenvalue weighted by molar-refractivity contribution is -0.129. The fourth-order valence-corrected chi connectivity index (χ4v) is 2.87. The van der Waals surface area contributed by atoms with Crippen LogP contribution >= 0.6 is 0 Å². The molecule has 0 heterocycles. The molecule has 2 unspecified atom stereocenters. The number of hydrogen-bond donors (Lipinski definition) is 1. The first-order valence-electron chi connectivity index (χ1n) is 7.19. The standard InChI is InChI=1S/C14H26N2O/c1-3-11-5-4-6-12(9-11)15-10-14(17)16(2)13-7-8-13/h11-13,15H,3-10H2,1-2H3. The molecule has 0 aromatic rings. The zero-order chi connectivity index (χ0) is 12.3. The van der Waals surface area contributed by atoms with E-state index in [1.165, 1.54) is 44.9 Å². The zero-order valence-electron chi connectivity index (χ0n) is 11.2. The molecule has 0 aromatic carbocycles. The highest BCUT2D eigenvalue weighted by atomic mass is 16.2. The van der Waals surface area contributed by atoms with Crippen LogP contribution in [0.5, 0.6) is 0 Å². The van der Waals surface area contributed by atoms with E-state index in [2.05, 4.69) is 12.2 Å². The van der Waals surface area contributed by atoms with Crippen LogP contribution in [0.25, 0.3) is 0 Å². The van der Waals surface area contributed by atoms with Gasteiger partial charge in [-0.2, -0.15) is 0 Å². The van der Waals surface area contributed by atoms with Crippen molar-refractivity contribution in [2.45, 2.75) is 64.0 Å². The molecule has 3 nitrogen and oxygen atoms in total. The Bertz CT molecular complexity index is 263. The molecule has 2 aliphatic carbocycles. The third-order valence-electron chi connectivity index (χ3n) is 4.39. The normalized spacial score (nSPS) is 29.1. The number of nitrogens with zero attached hydrogens (tertiary/aromatic N) is 1. The molecule has 2 rings (SSSR count). The fraction of sp³-hybridized carbons (Fsp3) is 0.929. The number of likely N-dealkylation sites (N-methyl/N-ethyl adjacent to an activating group) is 1. The molecule has 0 saturated heterocycles. The second kappa shape index (κ2) is 5.85. The molecule has 0 spiro atoms. The summed E-state index contributed by atoms with van der Waals surface area (Å²) in [5, 5.41) is 3.46. The average molecular weight is 238 g/mol. The summed E-state index contributed by atoms with van der Waals surface area (Å²) in [4.78, 5) is 13.8. The Morgan fingerprint density at radius 3 is 2.71 bits per heavy atom. The van der Waals surface area contributed by atoms with Crippen molar-refractivity contribution in [1.82, 2.24) is 10.2 Å². The van der Waals surface area contributed by atoms with Crippen molar-refractivity contribution in [2.24, 2.45) is 5.92 Å². The Labute approximate surface area is 105 Å². The maximum absolute atomic E-state index is 11.9. The van der Waals surface area contributed by atoms with E-state index in [0.717, 1.165) is 5.92 Å². The Kier molecular flexibility index (Phi) is 4.43. The minimum Gasteiger partial charge on any atom is -0.342 e. The highest BCUT2D eigenvalue weighted by molar-refractivity contribution is 5.78. The van der Waals surface area contributed by atoms with Gasteiger partial charge >= 0.3 is 0 Å². The lowest BCUT2D eigenvalue weighted by Gasteiger charge is -2.29. The minimum absolute atomic E-state index is 0.270. The largest absolute Gasteiger partial charge is 0.342 e. The van der Waals surface area contributed by atoms with Gasteiger partial charge in [0.2, 0.25) is 5.91 Å². The molecule has 98 valence electrons. The van der Waals surface area contributed by atoms with Crippen molar-refractivity contribution in [3.63, 3.8) is 0 Å². The van der Waals surface area contributed by atoms with Crippen molar-refractivity contribution < 1.29 is 4.79 Å². The lowest BCUT2D eigenvalue weighted by Crippen LogP contribution is -2.42. The van der Waals surface area contributed by atoms with Gasteiger partial charge in [-0.3, -0.25) is 4.79 Å². The van der Waals surface area contributed by atoms with Gasteiger partial charge in [0.05, 0.1) is 6.54 Å². The van der Waals surface area contributed by atoms with Crippen molar-refractivity contribution >= 4 is 5.91 Å². The topological polar surface area (TPSA) is 32.3 Å². The summed E-state index contributed by atoms with van der Waals surface area (Å²) in [6.07, 6.45) is 8.89. The Morgan fingerprint density at radius 2 is 2.06 bits per heavy atom. The van der Waals surface area contributed by atoms with Gasteiger partial charge in [0.15, 0.2) is 0 Å². The number of hydrogen-bond acceptors (Lipinski definition) is 2. The van der Waals surface area contributed by atoms with Crippen LogP contribution in [-0.2, 0) is 4.79 Å². The summed E-state index contributed by atoms with van der Waals surface area (Å²) >= 11 is 0. The predicted octanol–water partition coefficient (Wildman–Crippen LogP) is 2.17. The lowest BCUT2D eigenvalue weighted by atomic mass is 9.84. The van der Waals surface area contributed by atoms with E-state index in [9.17, 15) is 4.79 Å². The minimum atomic E-state index is 0.270. The van der Waals surface area contributed by atoms with Crippen LogP contribution < -0.4 is 5.32 Å². The smallest absolute Gasteiger partial charge is 0.236 e. The van der Waals surface area contributed by atoms with E-state index in [4.69, 9.17) is 0 Å². The summed E-state index contributed by atoms with van der Waals surface area (Å²) < 4.78 is 0. The third kappa shape index (κ3) is 3.70. The Balaban J connectivity index is 1.68. The quantitative estimate of drug-likeness (QED) is 0.796. The molecule has 0 aromatic heterocycles. The van der Waals surface area contributed by atoms with Crippen LogP contribution in [0.4, 0.5) is 0 Å². The number of carbonyl (C=O) groups is 1. The first kappa shape index (κ1) is 12.9. The molecule has 2 aliphatic rings. The van der Waals surface area contributed by atoms with Gasteiger partial charge in [-0.25, -0.2) is 0 Å². The van der Waals surface area contributed by atoms with E-state index in [-0.39, 0.29) is 5.91 Å². The van der Waals surface area contributed by atoms with E-state index >= 15 is 0 Å². The molecule has 1 N–H and O–H groups in total. The molecule has 3 heteroatoms. The Hall–Kier alpha value is -0.570. The van der Waals surface area contributed by atoms with Crippen LogP contribution in [0.15, 0.2) is 0 Å². The molecular weight excluding hydrogens is 212 g/mol. The van der Waals surface area contributed by atoms with E-state index in [1.54, 1.807) is 0 Å².